The van der Waals surface area contributed by atoms with Crippen molar-refractivity contribution in [3.05, 3.63) is 51.7 Å². The summed E-state index contributed by atoms with van der Waals surface area (Å²) in [4.78, 5) is 23.4. The van der Waals surface area contributed by atoms with Gasteiger partial charge in [0.2, 0.25) is 15.5 Å². The van der Waals surface area contributed by atoms with Gasteiger partial charge in [-0.15, -0.1) is 0 Å². The standard InChI is InChI=1S/C15H11NO6S/c1-7-4-9(23(16,20)21)6-11-13(17)10-5-8(15(18)19)2-3-12(10)22-14(7)11/h2-6H,1H3,(H,18,19)(H2,16,20,21). The lowest BCUT2D eigenvalue weighted by atomic mass is 10.1. The molecule has 0 fully saturated rings. The second-order valence-corrected chi connectivity index (χ2v) is 6.67. The number of aromatic carboxylic acids is 1. The van der Waals surface area contributed by atoms with Gasteiger partial charge in [-0.1, -0.05) is 0 Å². The first-order valence-corrected chi connectivity index (χ1v) is 8.00. The third-order valence-corrected chi connectivity index (χ3v) is 4.40. The molecular formula is C15H11NO6S. The van der Waals surface area contributed by atoms with Crippen LogP contribution in [-0.2, 0) is 10.0 Å². The van der Waals surface area contributed by atoms with Crippen molar-refractivity contribution >= 4 is 37.9 Å². The summed E-state index contributed by atoms with van der Waals surface area (Å²) >= 11 is 0. The van der Waals surface area contributed by atoms with Crippen molar-refractivity contribution in [1.29, 1.82) is 0 Å². The quantitative estimate of drug-likeness (QED) is 0.686. The Balaban J connectivity index is 2.50. The van der Waals surface area contributed by atoms with E-state index in [4.69, 9.17) is 14.7 Å². The first kappa shape index (κ1) is 15.2. The van der Waals surface area contributed by atoms with Gasteiger partial charge in [-0.3, -0.25) is 4.79 Å². The number of hydrogen-bond acceptors (Lipinski definition) is 5. The van der Waals surface area contributed by atoms with Crippen molar-refractivity contribution < 1.29 is 22.7 Å². The minimum atomic E-state index is -3.98. The van der Waals surface area contributed by atoms with Gasteiger partial charge in [0.05, 0.1) is 21.2 Å². The first-order valence-electron chi connectivity index (χ1n) is 6.46. The Kier molecular flexibility index (Phi) is 3.24. The highest BCUT2D eigenvalue weighted by Crippen LogP contribution is 2.25. The minimum Gasteiger partial charge on any atom is -0.478 e. The SMILES string of the molecule is Cc1cc(S(N)(=O)=O)cc2c(=O)c3cc(C(=O)O)ccc3oc12. The minimum absolute atomic E-state index is 0.0315. The number of carboxylic acids is 1. The molecule has 0 radical (unpaired) electrons. The summed E-state index contributed by atoms with van der Waals surface area (Å²) in [5.41, 5.74) is 0.311. The maximum absolute atomic E-state index is 12.6. The number of primary sulfonamides is 1. The fourth-order valence-electron chi connectivity index (χ4n) is 2.39. The molecule has 1 heterocycles. The van der Waals surface area contributed by atoms with E-state index in [1.807, 2.05) is 0 Å². The molecule has 0 amide bonds. The van der Waals surface area contributed by atoms with Crippen LogP contribution in [0.25, 0.3) is 21.9 Å². The van der Waals surface area contributed by atoms with Gasteiger partial charge >= 0.3 is 5.97 Å². The molecule has 3 N–H and O–H groups in total. The first-order chi connectivity index (χ1) is 10.7. The van der Waals surface area contributed by atoms with E-state index >= 15 is 0 Å². The maximum Gasteiger partial charge on any atom is 0.335 e. The summed E-state index contributed by atoms with van der Waals surface area (Å²) in [5.74, 6) is -1.18. The van der Waals surface area contributed by atoms with Crippen LogP contribution in [0.15, 0.2) is 44.4 Å². The van der Waals surface area contributed by atoms with Crippen molar-refractivity contribution in [3.63, 3.8) is 0 Å². The molecule has 2 aromatic carbocycles. The van der Waals surface area contributed by atoms with Gasteiger partial charge in [0.1, 0.15) is 11.2 Å². The second-order valence-electron chi connectivity index (χ2n) is 5.11. The number of sulfonamides is 1. The van der Waals surface area contributed by atoms with Crippen molar-refractivity contribution in [2.75, 3.05) is 0 Å². The second kappa shape index (κ2) is 4.90. The molecule has 7 nitrogen and oxygen atoms in total. The molecule has 0 saturated heterocycles. The zero-order valence-electron chi connectivity index (χ0n) is 11.9. The topological polar surface area (TPSA) is 128 Å². The highest BCUT2D eigenvalue weighted by molar-refractivity contribution is 7.89. The van der Waals surface area contributed by atoms with Gasteiger partial charge in [-0.25, -0.2) is 18.4 Å². The summed E-state index contributed by atoms with van der Waals surface area (Å²) in [7, 11) is -3.98. The molecule has 0 spiro atoms. The van der Waals surface area contributed by atoms with Gasteiger partial charge in [-0.2, -0.15) is 0 Å². The maximum atomic E-state index is 12.6. The number of fused-ring (bicyclic) bond motifs is 2. The number of hydrogen-bond donors (Lipinski definition) is 2. The van der Waals surface area contributed by atoms with Crippen LogP contribution in [0.3, 0.4) is 0 Å². The van der Waals surface area contributed by atoms with Crippen LogP contribution >= 0.6 is 0 Å². The summed E-state index contributed by atoms with van der Waals surface area (Å²) in [5, 5.41) is 14.2. The predicted molar refractivity (Wildman–Crippen MR) is 83.1 cm³/mol. The smallest absolute Gasteiger partial charge is 0.335 e. The van der Waals surface area contributed by atoms with E-state index in [-0.39, 0.29) is 32.4 Å². The normalized spacial score (nSPS) is 11.9. The Morgan fingerprint density at radius 1 is 1.17 bits per heavy atom. The van der Waals surface area contributed by atoms with Crippen LogP contribution in [0.2, 0.25) is 0 Å². The number of carboxylic acid groups (broad SMARTS) is 1. The van der Waals surface area contributed by atoms with Crippen LogP contribution in [0.5, 0.6) is 0 Å². The third kappa shape index (κ3) is 2.47. The lowest BCUT2D eigenvalue weighted by Gasteiger charge is -2.07. The van der Waals surface area contributed by atoms with Gasteiger partial charge in [-0.05, 0) is 42.8 Å². The van der Waals surface area contributed by atoms with E-state index < -0.39 is 21.4 Å². The van der Waals surface area contributed by atoms with E-state index in [1.165, 1.54) is 24.3 Å². The summed E-state index contributed by atoms with van der Waals surface area (Å²) in [6.45, 7) is 1.59. The van der Waals surface area contributed by atoms with E-state index in [0.29, 0.717) is 5.56 Å². The molecule has 0 aliphatic rings. The van der Waals surface area contributed by atoms with Crippen molar-refractivity contribution in [3.8, 4) is 0 Å². The Hall–Kier alpha value is -2.71. The van der Waals surface area contributed by atoms with Gasteiger partial charge in [0.25, 0.3) is 0 Å². The molecule has 0 unspecified atom stereocenters. The number of benzene rings is 2. The zero-order chi connectivity index (χ0) is 16.9. The molecule has 0 atom stereocenters. The van der Waals surface area contributed by atoms with Crippen molar-refractivity contribution in [2.24, 2.45) is 5.14 Å². The lowest BCUT2D eigenvalue weighted by Crippen LogP contribution is -2.13. The molecule has 8 heteroatoms. The van der Waals surface area contributed by atoms with Gasteiger partial charge < -0.3 is 9.52 Å². The Morgan fingerprint density at radius 3 is 2.48 bits per heavy atom. The zero-order valence-corrected chi connectivity index (χ0v) is 12.7. The van der Waals surface area contributed by atoms with Crippen molar-refractivity contribution in [2.45, 2.75) is 11.8 Å². The molecule has 0 saturated carbocycles. The molecule has 3 aromatic rings. The molecule has 3 rings (SSSR count). The van der Waals surface area contributed by atoms with Gasteiger partial charge in [0.15, 0.2) is 0 Å². The predicted octanol–water partition coefficient (Wildman–Crippen LogP) is 1.60. The van der Waals surface area contributed by atoms with Crippen LogP contribution in [0.1, 0.15) is 15.9 Å². The van der Waals surface area contributed by atoms with Crippen LogP contribution in [-0.4, -0.2) is 19.5 Å². The summed E-state index contributed by atoms with van der Waals surface area (Å²) < 4.78 is 28.7. The molecule has 23 heavy (non-hydrogen) atoms. The molecule has 0 aliphatic heterocycles. The average Bonchev–Trinajstić information content (AvgIpc) is 2.47. The molecular weight excluding hydrogens is 322 g/mol. The molecule has 118 valence electrons. The fraction of sp³-hybridized carbons (Fsp3) is 0.0667. The van der Waals surface area contributed by atoms with E-state index in [9.17, 15) is 18.0 Å². The van der Waals surface area contributed by atoms with Gasteiger partial charge in [0, 0.05) is 0 Å². The lowest BCUT2D eigenvalue weighted by molar-refractivity contribution is 0.0697. The van der Waals surface area contributed by atoms with E-state index in [2.05, 4.69) is 0 Å². The fourth-order valence-corrected chi connectivity index (χ4v) is 3.02. The Labute approximate surface area is 130 Å². The summed E-state index contributed by atoms with van der Waals surface area (Å²) in [6, 6.07) is 6.37. The summed E-state index contributed by atoms with van der Waals surface area (Å²) in [6.07, 6.45) is 0. The Bertz CT molecular complexity index is 1140. The Morgan fingerprint density at radius 2 is 1.87 bits per heavy atom. The highest BCUT2D eigenvalue weighted by Gasteiger charge is 2.16. The van der Waals surface area contributed by atoms with Crippen LogP contribution < -0.4 is 10.6 Å². The molecule has 0 bridgehead atoms. The van der Waals surface area contributed by atoms with Crippen LogP contribution in [0.4, 0.5) is 0 Å². The molecule has 1 aromatic heterocycles. The van der Waals surface area contributed by atoms with E-state index in [0.717, 1.165) is 6.07 Å². The highest BCUT2D eigenvalue weighted by atomic mass is 32.2. The monoisotopic (exact) mass is 333 g/mol. The largest absolute Gasteiger partial charge is 0.478 e. The van der Waals surface area contributed by atoms with Crippen molar-refractivity contribution in [1.82, 2.24) is 0 Å². The number of nitrogens with two attached hydrogens (primary N) is 1. The number of carbonyl (C=O) groups is 1. The number of aryl methyl sites for hydroxylation is 1. The average molecular weight is 333 g/mol. The van der Waals surface area contributed by atoms with Crippen LogP contribution in [0, 0.1) is 6.92 Å². The molecule has 0 aliphatic carbocycles. The third-order valence-electron chi connectivity index (χ3n) is 3.50. The number of rotatable bonds is 2. The van der Waals surface area contributed by atoms with E-state index in [1.54, 1.807) is 6.92 Å².